The molecular formula is C21H28N6O8S2Si. The van der Waals surface area contributed by atoms with Gasteiger partial charge in [-0.05, 0) is 25.2 Å². The number of rotatable bonds is 10. The Kier molecular flexibility index (Phi) is 9.04. The van der Waals surface area contributed by atoms with Crippen molar-refractivity contribution in [1.29, 1.82) is 0 Å². The van der Waals surface area contributed by atoms with Gasteiger partial charge >= 0.3 is 17.1 Å². The normalized spacial score (nSPS) is 19.5. The molecule has 1 aromatic heterocycles. The van der Waals surface area contributed by atoms with Crippen molar-refractivity contribution in [1.82, 2.24) is 25.0 Å². The zero-order chi connectivity index (χ0) is 28.4. The highest BCUT2D eigenvalue weighted by Gasteiger charge is 2.55. The van der Waals surface area contributed by atoms with Crippen LogP contribution in [0.5, 0.6) is 0 Å². The molecule has 0 aromatic carbocycles. The minimum absolute atomic E-state index is 0.0186. The first-order valence-corrected chi connectivity index (χ1v) is 16.9. The minimum Gasteiger partial charge on any atom is -0.515 e. The lowest BCUT2D eigenvalue weighted by atomic mass is 10.0. The number of Topliss-reactive ketones (excluding diaryl/α,β-unsaturated/α-hetero) is 1. The van der Waals surface area contributed by atoms with Crippen LogP contribution in [0.3, 0.4) is 0 Å². The third-order valence-electron chi connectivity index (χ3n) is 5.23. The number of aromatic amines is 1. The van der Waals surface area contributed by atoms with Crippen LogP contribution in [0.25, 0.3) is 0 Å². The van der Waals surface area contributed by atoms with Gasteiger partial charge in [-0.2, -0.15) is 4.98 Å². The highest BCUT2D eigenvalue weighted by Crippen LogP contribution is 2.42. The molecule has 2 amide bonds. The summed E-state index contributed by atoms with van der Waals surface area (Å²) in [4.78, 5) is 84.0. The predicted octanol–water partition coefficient (Wildman–Crippen LogP) is -0.426. The number of nitrogens with one attached hydrogen (secondary N) is 2. The van der Waals surface area contributed by atoms with Gasteiger partial charge in [-0.1, -0.05) is 23.8 Å². The van der Waals surface area contributed by atoms with Crippen molar-refractivity contribution in [3.8, 4) is 0 Å². The molecule has 1 saturated heterocycles. The molecule has 2 atom stereocenters. The second kappa shape index (κ2) is 11.7. The van der Waals surface area contributed by atoms with Gasteiger partial charge in [0.1, 0.15) is 24.2 Å². The fraction of sp³-hybridized carbons (Fsp3) is 0.524. The molecule has 0 saturated carbocycles. The van der Waals surface area contributed by atoms with Gasteiger partial charge < -0.3 is 14.6 Å². The van der Waals surface area contributed by atoms with Gasteiger partial charge in [0, 0.05) is 25.0 Å². The van der Waals surface area contributed by atoms with E-state index in [1.165, 1.54) is 35.5 Å². The summed E-state index contributed by atoms with van der Waals surface area (Å²) in [5.41, 5.74) is -1.60. The van der Waals surface area contributed by atoms with Gasteiger partial charge in [-0.3, -0.25) is 38.7 Å². The van der Waals surface area contributed by atoms with Crippen molar-refractivity contribution < 1.29 is 28.4 Å². The van der Waals surface area contributed by atoms with Crippen LogP contribution in [-0.2, 0) is 35.5 Å². The lowest BCUT2D eigenvalue weighted by molar-refractivity contribution is -0.149. The highest BCUT2D eigenvalue weighted by molar-refractivity contribution is 8.01. The quantitative estimate of drug-likeness (QED) is 0.0693. The molecule has 0 radical (unpaired) electrons. The number of thioether (sulfide) groups is 2. The van der Waals surface area contributed by atoms with Gasteiger partial charge in [0.25, 0.3) is 11.8 Å². The Morgan fingerprint density at radius 2 is 1.95 bits per heavy atom. The van der Waals surface area contributed by atoms with Gasteiger partial charge in [0.15, 0.2) is 10.9 Å². The smallest absolute Gasteiger partial charge is 0.341 e. The number of aromatic nitrogens is 3. The SMILES string of the molecule is CCC(=O)/C(=N/OC)C(=O)N[C@@H]1C(=O)N2C(C(=O)O[Si](C)(C)C)=C(CSc3nc(=O)c(=O)[nH]n3C)CS[C@H]12. The number of carbonyl (C=O) groups is 4. The average molecular weight is 585 g/mol. The molecule has 14 nitrogen and oxygen atoms in total. The Bertz CT molecular complexity index is 1350. The molecule has 0 bridgehead atoms. The highest BCUT2D eigenvalue weighted by atomic mass is 32.2. The van der Waals surface area contributed by atoms with E-state index in [1.54, 1.807) is 6.92 Å². The number of hydrogen-bond donors (Lipinski definition) is 2. The Balaban J connectivity index is 1.88. The molecule has 1 aromatic rings. The lowest BCUT2D eigenvalue weighted by Gasteiger charge is -2.50. The van der Waals surface area contributed by atoms with Gasteiger partial charge in [-0.15, -0.1) is 11.8 Å². The van der Waals surface area contributed by atoms with Gasteiger partial charge in [-0.25, -0.2) is 4.79 Å². The summed E-state index contributed by atoms with van der Waals surface area (Å²) in [6.45, 7) is 7.06. The second-order valence-corrected chi connectivity index (χ2v) is 15.7. The van der Waals surface area contributed by atoms with E-state index in [4.69, 9.17) is 4.43 Å². The monoisotopic (exact) mass is 584 g/mol. The van der Waals surface area contributed by atoms with Crippen molar-refractivity contribution in [3.05, 3.63) is 32.0 Å². The molecule has 1 fully saturated rings. The number of fused-ring (bicyclic) bond motifs is 1. The second-order valence-electron chi connectivity index (χ2n) is 9.20. The number of aryl methyl sites for hydroxylation is 1. The van der Waals surface area contributed by atoms with Gasteiger partial charge in [0.05, 0.1) is 0 Å². The van der Waals surface area contributed by atoms with Crippen LogP contribution < -0.4 is 16.4 Å². The predicted molar refractivity (Wildman–Crippen MR) is 142 cm³/mol. The van der Waals surface area contributed by atoms with E-state index >= 15 is 0 Å². The van der Waals surface area contributed by atoms with Crippen LogP contribution in [0, 0.1) is 0 Å². The van der Waals surface area contributed by atoms with Crippen molar-refractivity contribution in [3.63, 3.8) is 0 Å². The third-order valence-corrected chi connectivity index (χ3v) is 8.49. The minimum atomic E-state index is -2.35. The summed E-state index contributed by atoms with van der Waals surface area (Å²) >= 11 is 2.43. The topological polar surface area (TPSA) is 182 Å². The fourth-order valence-corrected chi connectivity index (χ4v) is 6.59. The van der Waals surface area contributed by atoms with Crippen LogP contribution >= 0.6 is 23.5 Å². The molecule has 206 valence electrons. The summed E-state index contributed by atoms with van der Waals surface area (Å²) in [7, 11) is 0.373. The zero-order valence-electron chi connectivity index (χ0n) is 21.6. The third kappa shape index (κ3) is 6.27. The first kappa shape index (κ1) is 29.4. The number of nitrogens with zero attached hydrogens (tertiary/aromatic N) is 4. The average Bonchev–Trinajstić information content (AvgIpc) is 2.84. The summed E-state index contributed by atoms with van der Waals surface area (Å²) in [5.74, 6) is -2.11. The van der Waals surface area contributed by atoms with E-state index in [1.807, 2.05) is 19.6 Å². The maximum Gasteiger partial charge on any atom is 0.341 e. The number of β-lactam (4-membered cyclic amide) rings is 1. The van der Waals surface area contributed by atoms with Crippen LogP contribution in [0.15, 0.2) is 31.2 Å². The molecule has 2 N–H and O–H groups in total. The number of hydrogen-bond acceptors (Lipinski definition) is 12. The number of ketones is 1. The standard InChI is InChI=1S/C21H28N6O8S2Si/c1-7-11(28)12(25-34-3)15(29)22-13-18(32)27-14(20(33)35-38(4,5)6)10(8-36-19(13)27)9-37-21-23-16(30)17(31)24-26(21)2/h13,19H,7-9H2,1-6H3,(H,22,29)(H,24,31)/b25-12-/t13-,19-/m1/s1. The Morgan fingerprint density at radius 3 is 2.55 bits per heavy atom. The van der Waals surface area contributed by atoms with Crippen molar-refractivity contribution in [2.45, 2.75) is 49.6 Å². The first-order chi connectivity index (χ1) is 17.8. The van der Waals surface area contributed by atoms with E-state index in [0.717, 1.165) is 11.8 Å². The van der Waals surface area contributed by atoms with E-state index < -0.39 is 60.1 Å². The van der Waals surface area contributed by atoms with E-state index in [-0.39, 0.29) is 23.0 Å². The van der Waals surface area contributed by atoms with E-state index in [2.05, 4.69) is 25.4 Å². The number of amides is 2. The van der Waals surface area contributed by atoms with Crippen molar-refractivity contribution in [2.24, 2.45) is 12.2 Å². The summed E-state index contributed by atoms with van der Waals surface area (Å²) < 4.78 is 6.99. The van der Waals surface area contributed by atoms with Gasteiger partial charge in [0.2, 0.25) is 14.0 Å². The van der Waals surface area contributed by atoms with E-state index in [9.17, 15) is 28.8 Å². The van der Waals surface area contributed by atoms with Crippen molar-refractivity contribution >= 4 is 61.1 Å². The van der Waals surface area contributed by atoms with Crippen LogP contribution in [-0.4, -0.2) is 87.3 Å². The maximum absolute atomic E-state index is 13.2. The number of oxime groups is 1. The lowest BCUT2D eigenvalue weighted by Crippen LogP contribution is -2.71. The molecule has 0 spiro atoms. The fourth-order valence-electron chi connectivity index (χ4n) is 3.54. The molecule has 17 heteroatoms. The molecule has 0 aliphatic carbocycles. The van der Waals surface area contributed by atoms with E-state index in [0.29, 0.717) is 11.3 Å². The van der Waals surface area contributed by atoms with Crippen LogP contribution in [0.1, 0.15) is 13.3 Å². The zero-order valence-corrected chi connectivity index (χ0v) is 24.3. The van der Waals surface area contributed by atoms with Crippen LogP contribution in [0.4, 0.5) is 0 Å². The van der Waals surface area contributed by atoms with Crippen molar-refractivity contribution in [2.75, 3.05) is 18.6 Å². The molecule has 2 aliphatic heterocycles. The van der Waals surface area contributed by atoms with Crippen LogP contribution in [0.2, 0.25) is 19.6 Å². The summed E-state index contributed by atoms with van der Waals surface area (Å²) in [5, 5.41) is 7.99. The first-order valence-electron chi connectivity index (χ1n) is 11.4. The Labute approximate surface area is 226 Å². The molecule has 38 heavy (non-hydrogen) atoms. The number of carbonyl (C=O) groups excluding carboxylic acids is 4. The molecule has 0 unspecified atom stereocenters. The molecule has 3 heterocycles. The number of H-pyrrole nitrogens is 1. The molecule has 3 rings (SSSR count). The summed E-state index contributed by atoms with van der Waals surface area (Å²) in [6, 6.07) is -0.996. The Morgan fingerprint density at radius 1 is 1.26 bits per heavy atom. The summed E-state index contributed by atoms with van der Waals surface area (Å²) in [6.07, 6.45) is 0.0186. The maximum atomic E-state index is 13.2. The largest absolute Gasteiger partial charge is 0.515 e. The molecule has 2 aliphatic rings. The Hall–Kier alpha value is -3.18. The molecular weight excluding hydrogens is 556 g/mol.